The molecule has 0 bridgehead atoms. The molecule has 0 saturated heterocycles. The van der Waals surface area contributed by atoms with Gasteiger partial charge in [-0.05, 0) is 13.0 Å². The van der Waals surface area contributed by atoms with Crippen LogP contribution in [0.2, 0.25) is 0 Å². The lowest BCUT2D eigenvalue weighted by molar-refractivity contribution is -0.136. The van der Waals surface area contributed by atoms with Crippen LogP contribution in [0.3, 0.4) is 0 Å². The normalized spacial score (nSPS) is 15.1. The van der Waals surface area contributed by atoms with E-state index >= 15 is 0 Å². The zero-order valence-corrected chi connectivity index (χ0v) is 9.31. The average Bonchev–Trinajstić information content (AvgIpc) is 2.59. The molecule has 0 aliphatic carbocycles. The summed E-state index contributed by atoms with van der Waals surface area (Å²) >= 11 is 0. The van der Waals surface area contributed by atoms with Crippen molar-refractivity contribution in [3.8, 4) is 0 Å². The number of rotatable bonds is 4. The first-order chi connectivity index (χ1) is 7.69. The predicted octanol–water partition coefficient (Wildman–Crippen LogP) is 0.829. The number of aromatic nitrogens is 2. The minimum absolute atomic E-state index is 0.0962. The molecule has 1 aliphatic heterocycles. The van der Waals surface area contributed by atoms with Crippen molar-refractivity contribution in [2.24, 2.45) is 0 Å². The van der Waals surface area contributed by atoms with Crippen molar-refractivity contribution >= 4 is 5.97 Å². The van der Waals surface area contributed by atoms with Gasteiger partial charge in [-0.3, -0.25) is 9.69 Å². The zero-order valence-electron chi connectivity index (χ0n) is 9.31. The molecule has 86 valence electrons. The summed E-state index contributed by atoms with van der Waals surface area (Å²) in [5.41, 5.74) is 2.11. The molecule has 0 fully saturated rings. The number of nitrogens with zero attached hydrogens (tertiary/aromatic N) is 3. The van der Waals surface area contributed by atoms with Crippen LogP contribution in [0.5, 0.6) is 0 Å². The first-order valence-corrected chi connectivity index (χ1v) is 5.47. The SMILES string of the molecule is CCCN1Cc2cnc(CC(=O)O)nc2C1. The molecule has 1 aromatic rings. The molecule has 2 heterocycles. The Bertz CT molecular complexity index is 406. The second-order valence-electron chi connectivity index (χ2n) is 4.04. The fourth-order valence-electron chi connectivity index (χ4n) is 1.96. The molecular weight excluding hydrogens is 206 g/mol. The number of carboxylic acid groups (broad SMARTS) is 1. The largest absolute Gasteiger partial charge is 0.481 e. The Hall–Kier alpha value is -1.49. The summed E-state index contributed by atoms with van der Waals surface area (Å²) in [5, 5.41) is 8.66. The highest BCUT2D eigenvalue weighted by Crippen LogP contribution is 2.20. The molecule has 0 aromatic carbocycles. The van der Waals surface area contributed by atoms with Crippen molar-refractivity contribution in [3.63, 3.8) is 0 Å². The van der Waals surface area contributed by atoms with E-state index in [-0.39, 0.29) is 6.42 Å². The molecule has 5 nitrogen and oxygen atoms in total. The lowest BCUT2D eigenvalue weighted by atomic mass is 10.2. The summed E-state index contributed by atoms with van der Waals surface area (Å²) in [6.45, 7) is 4.89. The van der Waals surface area contributed by atoms with Gasteiger partial charge in [0.15, 0.2) is 0 Å². The number of carboxylic acids is 1. The Balaban J connectivity index is 2.11. The minimum atomic E-state index is -0.886. The van der Waals surface area contributed by atoms with Gasteiger partial charge in [-0.15, -0.1) is 0 Å². The third-order valence-corrected chi connectivity index (χ3v) is 2.62. The van der Waals surface area contributed by atoms with E-state index < -0.39 is 5.97 Å². The Labute approximate surface area is 94.1 Å². The van der Waals surface area contributed by atoms with Gasteiger partial charge < -0.3 is 5.11 Å². The molecule has 0 amide bonds. The van der Waals surface area contributed by atoms with Crippen LogP contribution in [-0.4, -0.2) is 32.5 Å². The second kappa shape index (κ2) is 4.57. The highest BCUT2D eigenvalue weighted by atomic mass is 16.4. The van der Waals surface area contributed by atoms with E-state index in [2.05, 4.69) is 21.8 Å². The highest BCUT2D eigenvalue weighted by Gasteiger charge is 2.20. The van der Waals surface area contributed by atoms with Gasteiger partial charge >= 0.3 is 5.97 Å². The molecule has 0 saturated carbocycles. The number of fused-ring (bicyclic) bond motifs is 1. The highest BCUT2D eigenvalue weighted by molar-refractivity contribution is 5.68. The third-order valence-electron chi connectivity index (χ3n) is 2.62. The lowest BCUT2D eigenvalue weighted by Crippen LogP contribution is -2.16. The summed E-state index contributed by atoms with van der Waals surface area (Å²) in [6, 6.07) is 0. The first-order valence-electron chi connectivity index (χ1n) is 5.47. The average molecular weight is 221 g/mol. The molecule has 0 radical (unpaired) electrons. The molecular formula is C11H15N3O2. The van der Waals surface area contributed by atoms with Crippen molar-refractivity contribution in [1.82, 2.24) is 14.9 Å². The maximum absolute atomic E-state index is 10.5. The molecule has 0 spiro atoms. The van der Waals surface area contributed by atoms with E-state index in [0.29, 0.717) is 5.82 Å². The molecule has 1 aliphatic rings. The fourth-order valence-corrected chi connectivity index (χ4v) is 1.96. The van der Waals surface area contributed by atoms with Gasteiger partial charge in [0.25, 0.3) is 0 Å². The molecule has 16 heavy (non-hydrogen) atoms. The van der Waals surface area contributed by atoms with Crippen molar-refractivity contribution in [3.05, 3.63) is 23.3 Å². The van der Waals surface area contributed by atoms with E-state index in [0.717, 1.165) is 37.3 Å². The summed E-state index contributed by atoms with van der Waals surface area (Å²) in [7, 11) is 0. The van der Waals surface area contributed by atoms with Crippen molar-refractivity contribution in [1.29, 1.82) is 0 Å². The van der Waals surface area contributed by atoms with Gasteiger partial charge in [-0.1, -0.05) is 6.92 Å². The fraction of sp³-hybridized carbons (Fsp3) is 0.545. The van der Waals surface area contributed by atoms with Gasteiger partial charge in [0, 0.05) is 24.8 Å². The van der Waals surface area contributed by atoms with Gasteiger partial charge in [0.1, 0.15) is 12.2 Å². The molecule has 5 heteroatoms. The maximum atomic E-state index is 10.5. The third kappa shape index (κ3) is 2.36. The van der Waals surface area contributed by atoms with Crippen molar-refractivity contribution < 1.29 is 9.90 Å². The van der Waals surface area contributed by atoms with Crippen LogP contribution in [0.1, 0.15) is 30.4 Å². The van der Waals surface area contributed by atoms with E-state index in [9.17, 15) is 4.79 Å². The van der Waals surface area contributed by atoms with Crippen LogP contribution in [0.25, 0.3) is 0 Å². The maximum Gasteiger partial charge on any atom is 0.311 e. The van der Waals surface area contributed by atoms with Gasteiger partial charge in [-0.25, -0.2) is 9.97 Å². The van der Waals surface area contributed by atoms with Crippen LogP contribution in [0.15, 0.2) is 6.20 Å². The summed E-state index contributed by atoms with van der Waals surface area (Å²) in [4.78, 5) is 21.2. The topological polar surface area (TPSA) is 66.3 Å². The Morgan fingerprint density at radius 1 is 1.56 bits per heavy atom. The quantitative estimate of drug-likeness (QED) is 0.815. The van der Waals surface area contributed by atoms with Gasteiger partial charge in [-0.2, -0.15) is 0 Å². The van der Waals surface area contributed by atoms with Gasteiger partial charge in [0.2, 0.25) is 0 Å². The number of hydrogen-bond donors (Lipinski definition) is 1. The monoisotopic (exact) mass is 221 g/mol. The second-order valence-corrected chi connectivity index (χ2v) is 4.04. The summed E-state index contributed by atoms with van der Waals surface area (Å²) in [5.74, 6) is -0.479. The van der Waals surface area contributed by atoms with Gasteiger partial charge in [0.05, 0.1) is 5.69 Å². The first kappa shape index (κ1) is 11.0. The Kier molecular flexibility index (Phi) is 3.14. The summed E-state index contributed by atoms with van der Waals surface area (Å²) in [6.07, 6.45) is 2.78. The lowest BCUT2D eigenvalue weighted by Gasteiger charge is -2.11. The molecule has 1 aromatic heterocycles. The van der Waals surface area contributed by atoms with E-state index in [4.69, 9.17) is 5.11 Å². The zero-order chi connectivity index (χ0) is 11.5. The van der Waals surface area contributed by atoms with E-state index in [1.54, 1.807) is 6.20 Å². The predicted molar refractivity (Wildman–Crippen MR) is 57.8 cm³/mol. The number of carbonyl (C=O) groups is 1. The smallest absolute Gasteiger partial charge is 0.311 e. The standard InChI is InChI=1S/C11H15N3O2/c1-2-3-14-6-8-5-12-10(4-11(15)16)13-9(8)7-14/h5H,2-4,6-7H2,1H3,(H,15,16). The Morgan fingerprint density at radius 3 is 3.06 bits per heavy atom. The molecule has 0 atom stereocenters. The van der Waals surface area contributed by atoms with Crippen molar-refractivity contribution in [2.45, 2.75) is 32.9 Å². The minimum Gasteiger partial charge on any atom is -0.481 e. The summed E-state index contributed by atoms with van der Waals surface area (Å²) < 4.78 is 0. The van der Waals surface area contributed by atoms with E-state index in [1.807, 2.05) is 0 Å². The van der Waals surface area contributed by atoms with Crippen LogP contribution in [-0.2, 0) is 24.3 Å². The Morgan fingerprint density at radius 2 is 2.38 bits per heavy atom. The van der Waals surface area contributed by atoms with E-state index in [1.165, 1.54) is 0 Å². The van der Waals surface area contributed by atoms with Crippen molar-refractivity contribution in [2.75, 3.05) is 6.54 Å². The number of aliphatic carboxylic acids is 1. The van der Waals surface area contributed by atoms with Crippen LogP contribution < -0.4 is 0 Å². The molecule has 0 unspecified atom stereocenters. The molecule has 2 rings (SSSR count). The number of hydrogen-bond acceptors (Lipinski definition) is 4. The molecule has 1 N–H and O–H groups in total. The van der Waals surface area contributed by atoms with Crippen LogP contribution in [0.4, 0.5) is 0 Å². The van der Waals surface area contributed by atoms with Crippen LogP contribution in [0, 0.1) is 0 Å². The van der Waals surface area contributed by atoms with Crippen LogP contribution >= 0.6 is 0 Å².